The molecule has 0 bridgehead atoms. The van der Waals surface area contributed by atoms with Crippen LogP contribution in [0.1, 0.15) is 44.3 Å². The van der Waals surface area contributed by atoms with E-state index < -0.39 is 45.6 Å². The third kappa shape index (κ3) is 6.42. The first-order valence-electron chi connectivity index (χ1n) is 12.0. The third-order valence-electron chi connectivity index (χ3n) is 6.25. The van der Waals surface area contributed by atoms with E-state index in [-0.39, 0.29) is 34.6 Å². The summed E-state index contributed by atoms with van der Waals surface area (Å²) in [6.45, 7) is 2.55. The van der Waals surface area contributed by atoms with Crippen molar-refractivity contribution < 1.29 is 31.9 Å². The summed E-state index contributed by atoms with van der Waals surface area (Å²) in [6, 6.07) is 13.5. The van der Waals surface area contributed by atoms with Gasteiger partial charge in [-0.05, 0) is 59.9 Å². The molecule has 1 aliphatic heterocycles. The van der Waals surface area contributed by atoms with Crippen LogP contribution in [0.5, 0.6) is 0 Å². The topological polar surface area (TPSA) is 125 Å². The highest BCUT2D eigenvalue weighted by molar-refractivity contribution is 7.90. The first-order chi connectivity index (χ1) is 18.1. The molecule has 38 heavy (non-hydrogen) atoms. The molecular formula is C27H27F2N3O5S. The Labute approximate surface area is 219 Å². The third-order valence-corrected chi connectivity index (χ3v) is 7.62. The van der Waals surface area contributed by atoms with Crippen molar-refractivity contribution in [3.63, 3.8) is 0 Å². The summed E-state index contributed by atoms with van der Waals surface area (Å²) in [5.74, 6) is -3.10. The van der Waals surface area contributed by atoms with Crippen LogP contribution in [0.2, 0.25) is 0 Å². The SMILES string of the molecule is CCc1cccc(CNC[C@H](O)[C@@H](Cc2cc(F)cc(F)c2)NC(=O)c2ccc3c(c2)S(=O)(=O)NC3=O)c1. The summed E-state index contributed by atoms with van der Waals surface area (Å²) in [7, 11) is -4.08. The fourth-order valence-electron chi connectivity index (χ4n) is 4.29. The summed E-state index contributed by atoms with van der Waals surface area (Å²) in [4.78, 5) is 24.6. The molecule has 0 aromatic heterocycles. The van der Waals surface area contributed by atoms with E-state index in [4.69, 9.17) is 0 Å². The van der Waals surface area contributed by atoms with Crippen molar-refractivity contribution in [3.8, 4) is 0 Å². The molecule has 0 unspecified atom stereocenters. The van der Waals surface area contributed by atoms with E-state index in [2.05, 4.69) is 10.6 Å². The lowest BCUT2D eigenvalue weighted by Gasteiger charge is -2.25. The summed E-state index contributed by atoms with van der Waals surface area (Å²) < 4.78 is 53.8. The van der Waals surface area contributed by atoms with E-state index in [1.54, 1.807) is 0 Å². The lowest BCUT2D eigenvalue weighted by atomic mass is 9.99. The number of fused-ring (bicyclic) bond motifs is 1. The van der Waals surface area contributed by atoms with E-state index in [0.29, 0.717) is 6.54 Å². The summed E-state index contributed by atoms with van der Waals surface area (Å²) in [5, 5.41) is 16.7. The highest BCUT2D eigenvalue weighted by Gasteiger charge is 2.33. The number of carbonyl (C=O) groups excluding carboxylic acids is 2. The molecule has 0 radical (unpaired) electrons. The van der Waals surface area contributed by atoms with Crippen LogP contribution in [0.4, 0.5) is 8.78 Å². The standard InChI is InChI=1S/C27H27F2N3O5S/c1-2-16-4-3-5-17(8-16)14-30-15-24(33)23(11-18-9-20(28)13-21(29)10-18)31-26(34)19-6-7-22-25(12-19)38(36,37)32-27(22)35/h3-10,12-13,23-24,30,33H,2,11,14-15H2,1H3,(H,31,34)(H,32,35)/t23-,24+/m1/s1. The number of hydrogen-bond acceptors (Lipinski definition) is 6. The second kappa shape index (κ2) is 11.4. The Morgan fingerprint density at radius 3 is 2.42 bits per heavy atom. The number of rotatable bonds is 10. The van der Waals surface area contributed by atoms with Gasteiger partial charge < -0.3 is 15.7 Å². The van der Waals surface area contributed by atoms with Gasteiger partial charge in [0.2, 0.25) is 0 Å². The van der Waals surface area contributed by atoms with Crippen molar-refractivity contribution in [2.75, 3.05) is 6.54 Å². The van der Waals surface area contributed by atoms with Gasteiger partial charge in [-0.1, -0.05) is 31.2 Å². The monoisotopic (exact) mass is 543 g/mol. The maximum Gasteiger partial charge on any atom is 0.266 e. The van der Waals surface area contributed by atoms with E-state index in [0.717, 1.165) is 41.8 Å². The molecule has 1 aliphatic rings. The van der Waals surface area contributed by atoms with Gasteiger partial charge in [-0.25, -0.2) is 21.9 Å². The van der Waals surface area contributed by atoms with E-state index in [9.17, 15) is 31.9 Å². The second-order valence-corrected chi connectivity index (χ2v) is 10.7. The first kappa shape index (κ1) is 27.4. The molecule has 0 aliphatic carbocycles. The molecule has 4 N–H and O–H groups in total. The number of amides is 2. The van der Waals surface area contributed by atoms with Crippen molar-refractivity contribution in [1.82, 2.24) is 15.4 Å². The van der Waals surface area contributed by atoms with Crippen LogP contribution in [0.25, 0.3) is 0 Å². The number of carbonyl (C=O) groups is 2. The predicted molar refractivity (Wildman–Crippen MR) is 136 cm³/mol. The van der Waals surface area contributed by atoms with Gasteiger partial charge >= 0.3 is 0 Å². The number of sulfonamides is 1. The molecule has 0 fully saturated rings. The van der Waals surface area contributed by atoms with Crippen LogP contribution in [-0.2, 0) is 29.4 Å². The zero-order chi connectivity index (χ0) is 27.4. The van der Waals surface area contributed by atoms with E-state index >= 15 is 0 Å². The zero-order valence-corrected chi connectivity index (χ0v) is 21.3. The smallest absolute Gasteiger partial charge is 0.266 e. The average molecular weight is 544 g/mol. The van der Waals surface area contributed by atoms with Crippen molar-refractivity contribution in [3.05, 3.63) is 100 Å². The van der Waals surface area contributed by atoms with Gasteiger partial charge in [0, 0.05) is 24.7 Å². The molecular weight excluding hydrogens is 516 g/mol. The molecule has 8 nitrogen and oxygen atoms in total. The Hall–Kier alpha value is -3.67. The molecule has 1 heterocycles. The quantitative estimate of drug-likeness (QED) is 0.312. The van der Waals surface area contributed by atoms with E-state index in [1.807, 2.05) is 35.9 Å². The molecule has 0 spiro atoms. The maximum absolute atomic E-state index is 13.8. The molecule has 2 atom stereocenters. The number of hydrogen-bond donors (Lipinski definition) is 4. The Bertz CT molecular complexity index is 1460. The Kier molecular flexibility index (Phi) is 8.20. The van der Waals surface area contributed by atoms with Gasteiger partial charge in [0.05, 0.1) is 17.7 Å². The van der Waals surface area contributed by atoms with Gasteiger partial charge in [0.25, 0.3) is 21.8 Å². The summed E-state index contributed by atoms with van der Waals surface area (Å²) in [6.07, 6.45) is -0.387. The molecule has 0 saturated carbocycles. The van der Waals surface area contributed by atoms with Crippen LogP contribution < -0.4 is 15.4 Å². The van der Waals surface area contributed by atoms with Crippen LogP contribution in [0, 0.1) is 11.6 Å². The molecule has 4 rings (SSSR count). The lowest BCUT2D eigenvalue weighted by Crippen LogP contribution is -2.48. The summed E-state index contributed by atoms with van der Waals surface area (Å²) in [5.41, 5.74) is 2.25. The maximum atomic E-state index is 13.8. The molecule has 2 amide bonds. The largest absolute Gasteiger partial charge is 0.390 e. The predicted octanol–water partition coefficient (Wildman–Crippen LogP) is 2.45. The number of aryl methyl sites for hydroxylation is 1. The van der Waals surface area contributed by atoms with Crippen LogP contribution >= 0.6 is 0 Å². The van der Waals surface area contributed by atoms with Crippen molar-refractivity contribution >= 4 is 21.8 Å². The zero-order valence-electron chi connectivity index (χ0n) is 20.5. The fourth-order valence-corrected chi connectivity index (χ4v) is 5.49. The Morgan fingerprint density at radius 1 is 1.00 bits per heavy atom. The lowest BCUT2D eigenvalue weighted by molar-refractivity contribution is 0.0829. The number of nitrogens with one attached hydrogen (secondary N) is 3. The van der Waals surface area contributed by atoms with Gasteiger partial charge in [-0.15, -0.1) is 0 Å². The van der Waals surface area contributed by atoms with Gasteiger partial charge in [-0.2, -0.15) is 0 Å². The summed E-state index contributed by atoms with van der Waals surface area (Å²) >= 11 is 0. The molecule has 11 heteroatoms. The Morgan fingerprint density at radius 2 is 1.71 bits per heavy atom. The number of aliphatic hydroxyl groups is 1. The minimum Gasteiger partial charge on any atom is -0.390 e. The molecule has 200 valence electrons. The molecule has 0 saturated heterocycles. The minimum absolute atomic E-state index is 0.0517. The van der Waals surface area contributed by atoms with Crippen molar-refractivity contribution in [2.45, 2.75) is 43.4 Å². The first-order valence-corrected chi connectivity index (χ1v) is 13.5. The van der Waals surface area contributed by atoms with Crippen molar-refractivity contribution in [1.29, 1.82) is 0 Å². The fraction of sp³-hybridized carbons (Fsp3) is 0.259. The average Bonchev–Trinajstić information content (AvgIpc) is 3.10. The van der Waals surface area contributed by atoms with Crippen molar-refractivity contribution in [2.24, 2.45) is 0 Å². The second-order valence-electron chi connectivity index (χ2n) is 9.08. The number of benzene rings is 3. The number of aliphatic hydroxyl groups excluding tert-OH is 1. The minimum atomic E-state index is -4.08. The molecule has 3 aromatic rings. The van der Waals surface area contributed by atoms with Crippen LogP contribution in [0.3, 0.4) is 0 Å². The van der Waals surface area contributed by atoms with Gasteiger partial charge in [0.15, 0.2) is 0 Å². The van der Waals surface area contributed by atoms with Crippen LogP contribution in [0.15, 0.2) is 65.6 Å². The molecule has 3 aromatic carbocycles. The van der Waals surface area contributed by atoms with Gasteiger partial charge in [-0.3, -0.25) is 9.59 Å². The van der Waals surface area contributed by atoms with Gasteiger partial charge in [0.1, 0.15) is 16.5 Å². The Balaban J connectivity index is 1.51. The van der Waals surface area contributed by atoms with Crippen LogP contribution in [-0.4, -0.2) is 44.0 Å². The highest BCUT2D eigenvalue weighted by Crippen LogP contribution is 2.24. The number of halogens is 2. The normalized spacial score (nSPS) is 15.4. The van der Waals surface area contributed by atoms with E-state index in [1.165, 1.54) is 12.1 Å². The highest BCUT2D eigenvalue weighted by atomic mass is 32.2.